The van der Waals surface area contributed by atoms with Crippen LogP contribution in [0.15, 0.2) is 29.3 Å². The van der Waals surface area contributed by atoms with Crippen molar-refractivity contribution in [2.24, 2.45) is 10.9 Å². The number of nitriles is 1. The van der Waals surface area contributed by atoms with Gasteiger partial charge < -0.3 is 4.74 Å². The molecule has 0 aliphatic heterocycles. The van der Waals surface area contributed by atoms with E-state index in [-0.39, 0.29) is 12.4 Å². The van der Waals surface area contributed by atoms with E-state index in [2.05, 4.69) is 24.9 Å². The molecular weight excluding hydrogens is 274 g/mol. The van der Waals surface area contributed by atoms with Crippen LogP contribution in [0.4, 0.5) is 0 Å². The highest BCUT2D eigenvalue weighted by atomic mass is 35.5. The zero-order chi connectivity index (χ0) is 14.1. The van der Waals surface area contributed by atoms with Gasteiger partial charge in [0.05, 0.1) is 12.2 Å². The molecule has 0 amide bonds. The molecule has 0 atom stereocenters. The van der Waals surface area contributed by atoms with Crippen molar-refractivity contribution in [2.75, 3.05) is 6.61 Å². The van der Waals surface area contributed by atoms with Crippen LogP contribution in [0.1, 0.15) is 25.0 Å². The minimum atomic E-state index is 0. The van der Waals surface area contributed by atoms with Crippen molar-refractivity contribution in [3.05, 3.63) is 35.4 Å². The van der Waals surface area contributed by atoms with E-state index in [0.717, 1.165) is 11.9 Å². The molecule has 1 aromatic rings. The number of nitrogens with zero attached hydrogens (tertiary/aromatic N) is 2. The Morgan fingerprint density at radius 1 is 1.45 bits per heavy atom. The van der Waals surface area contributed by atoms with Gasteiger partial charge in [0.25, 0.3) is 0 Å². The minimum Gasteiger partial charge on any atom is -0.492 e. The Bertz CT molecular complexity index is 530. The first-order valence-electron chi connectivity index (χ1n) is 6.03. The molecule has 0 fully saturated rings. The van der Waals surface area contributed by atoms with Gasteiger partial charge in [-0.2, -0.15) is 5.26 Å². The van der Waals surface area contributed by atoms with Gasteiger partial charge in [-0.25, -0.2) is 4.99 Å². The predicted molar refractivity (Wildman–Crippen MR) is 85.0 cm³/mol. The van der Waals surface area contributed by atoms with Gasteiger partial charge in [-0.3, -0.25) is 5.41 Å². The van der Waals surface area contributed by atoms with E-state index < -0.39 is 0 Å². The zero-order valence-corrected chi connectivity index (χ0v) is 12.4. The second kappa shape index (κ2) is 9.76. The Labute approximate surface area is 125 Å². The number of nitrogens with one attached hydrogen (secondary N) is 1. The van der Waals surface area contributed by atoms with Gasteiger partial charge >= 0.3 is 0 Å². The Kier molecular flexibility index (Phi) is 8.73. The summed E-state index contributed by atoms with van der Waals surface area (Å²) < 4.78 is 5.58. The third-order valence-electron chi connectivity index (χ3n) is 2.23. The highest BCUT2D eigenvalue weighted by Gasteiger charge is 2.04. The number of allylic oxidation sites excluding steroid dienone is 1. The minimum absolute atomic E-state index is 0. The molecule has 0 bridgehead atoms. The molecule has 20 heavy (non-hydrogen) atoms. The summed E-state index contributed by atoms with van der Waals surface area (Å²) in [6.07, 6.45) is 6.02. The second-order valence-corrected chi connectivity index (χ2v) is 4.36. The van der Waals surface area contributed by atoms with Gasteiger partial charge in [0.15, 0.2) is 0 Å². The fourth-order valence-corrected chi connectivity index (χ4v) is 1.37. The molecule has 0 heterocycles. The van der Waals surface area contributed by atoms with E-state index in [4.69, 9.17) is 15.4 Å². The standard InChI is InChI=1S/C15H17N3O.ClH/c1-12(2)10-19-15-6-5-13(8-14(15)9-16)4-3-7-18-11-17;/h3-8,11-12,17H,10H2,1-2H3;1H/b4-3+,17-11?,18-7?;. The monoisotopic (exact) mass is 291 g/mol. The Morgan fingerprint density at radius 2 is 2.20 bits per heavy atom. The van der Waals surface area contributed by atoms with Crippen molar-refractivity contribution >= 4 is 31.0 Å². The van der Waals surface area contributed by atoms with Crippen LogP contribution in [-0.4, -0.2) is 19.2 Å². The van der Waals surface area contributed by atoms with Crippen LogP contribution in [0.2, 0.25) is 0 Å². The van der Waals surface area contributed by atoms with Crippen LogP contribution < -0.4 is 4.74 Å². The van der Waals surface area contributed by atoms with Gasteiger partial charge in [0.1, 0.15) is 18.2 Å². The second-order valence-electron chi connectivity index (χ2n) is 4.36. The van der Waals surface area contributed by atoms with Crippen LogP contribution in [0, 0.1) is 22.7 Å². The molecule has 0 saturated carbocycles. The average Bonchev–Trinajstić information content (AvgIpc) is 2.41. The lowest BCUT2D eigenvalue weighted by molar-refractivity contribution is 0.270. The molecule has 1 aromatic carbocycles. The van der Waals surface area contributed by atoms with Crippen LogP contribution in [0.25, 0.3) is 6.08 Å². The maximum atomic E-state index is 9.11. The molecule has 0 aliphatic carbocycles. The highest BCUT2D eigenvalue weighted by molar-refractivity contribution is 5.85. The largest absolute Gasteiger partial charge is 0.492 e. The van der Waals surface area contributed by atoms with Crippen molar-refractivity contribution in [1.82, 2.24) is 0 Å². The number of aliphatic imine (C=N–C) groups is 1. The van der Waals surface area contributed by atoms with Crippen LogP contribution in [0.5, 0.6) is 5.75 Å². The summed E-state index contributed by atoms with van der Waals surface area (Å²) in [6.45, 7) is 4.72. The van der Waals surface area contributed by atoms with E-state index in [0.29, 0.717) is 23.8 Å². The van der Waals surface area contributed by atoms with Crippen LogP contribution >= 0.6 is 12.4 Å². The summed E-state index contributed by atoms with van der Waals surface area (Å²) in [5.74, 6) is 1.03. The lowest BCUT2D eigenvalue weighted by Gasteiger charge is -2.10. The molecule has 0 spiro atoms. The fourth-order valence-electron chi connectivity index (χ4n) is 1.37. The molecule has 4 nitrogen and oxygen atoms in total. The third kappa shape index (κ3) is 6.17. The highest BCUT2D eigenvalue weighted by Crippen LogP contribution is 2.20. The Balaban J connectivity index is 0.00000361. The fraction of sp³-hybridized carbons (Fsp3) is 0.267. The number of ether oxygens (including phenoxy) is 1. The normalized spacial score (nSPS) is 10.5. The molecule has 1 N–H and O–H groups in total. The summed E-state index contributed by atoms with van der Waals surface area (Å²) in [4.78, 5) is 3.64. The molecule has 0 saturated heterocycles. The number of hydrogen-bond donors (Lipinski definition) is 1. The van der Waals surface area contributed by atoms with E-state index in [1.807, 2.05) is 12.1 Å². The van der Waals surface area contributed by atoms with Gasteiger partial charge in [-0.15, -0.1) is 12.4 Å². The lowest BCUT2D eigenvalue weighted by atomic mass is 10.1. The molecule has 0 aliphatic rings. The van der Waals surface area contributed by atoms with Crippen LogP contribution in [-0.2, 0) is 0 Å². The van der Waals surface area contributed by atoms with Crippen molar-refractivity contribution in [2.45, 2.75) is 13.8 Å². The van der Waals surface area contributed by atoms with Gasteiger partial charge in [0.2, 0.25) is 0 Å². The molecule has 0 radical (unpaired) electrons. The maximum absolute atomic E-state index is 9.11. The number of hydrogen-bond acceptors (Lipinski definition) is 3. The van der Waals surface area contributed by atoms with E-state index in [1.54, 1.807) is 18.2 Å². The number of halogens is 1. The van der Waals surface area contributed by atoms with E-state index in [9.17, 15) is 0 Å². The zero-order valence-electron chi connectivity index (χ0n) is 11.5. The van der Waals surface area contributed by atoms with Gasteiger partial charge in [-0.1, -0.05) is 26.0 Å². The quantitative estimate of drug-likeness (QED) is 0.641. The van der Waals surface area contributed by atoms with Crippen molar-refractivity contribution in [1.29, 1.82) is 10.7 Å². The topological polar surface area (TPSA) is 69.2 Å². The van der Waals surface area contributed by atoms with Crippen molar-refractivity contribution in [3.8, 4) is 11.8 Å². The van der Waals surface area contributed by atoms with Crippen LogP contribution in [0.3, 0.4) is 0 Å². The molecule has 1 rings (SSSR count). The van der Waals surface area contributed by atoms with Crippen molar-refractivity contribution < 1.29 is 4.74 Å². The molecule has 5 heteroatoms. The molecule has 106 valence electrons. The third-order valence-corrected chi connectivity index (χ3v) is 2.23. The number of rotatable bonds is 6. The molecule has 0 aromatic heterocycles. The summed E-state index contributed by atoms with van der Waals surface area (Å²) in [5.41, 5.74) is 1.41. The summed E-state index contributed by atoms with van der Waals surface area (Å²) in [7, 11) is 0. The summed E-state index contributed by atoms with van der Waals surface area (Å²) >= 11 is 0. The molecular formula is C15H18ClN3O. The molecule has 0 unspecified atom stereocenters. The first-order valence-corrected chi connectivity index (χ1v) is 6.03. The average molecular weight is 292 g/mol. The number of benzene rings is 1. The summed E-state index contributed by atoms with van der Waals surface area (Å²) in [6, 6.07) is 7.58. The van der Waals surface area contributed by atoms with E-state index >= 15 is 0 Å². The van der Waals surface area contributed by atoms with E-state index in [1.165, 1.54) is 6.21 Å². The predicted octanol–water partition coefficient (Wildman–Crippen LogP) is 3.71. The Morgan fingerprint density at radius 3 is 2.80 bits per heavy atom. The maximum Gasteiger partial charge on any atom is 0.137 e. The van der Waals surface area contributed by atoms with Gasteiger partial charge in [0, 0.05) is 6.21 Å². The first kappa shape index (κ1) is 17.9. The first-order chi connectivity index (χ1) is 9.17. The summed E-state index contributed by atoms with van der Waals surface area (Å²) in [5, 5.41) is 15.8. The van der Waals surface area contributed by atoms with Gasteiger partial charge in [-0.05, 0) is 29.7 Å². The van der Waals surface area contributed by atoms with Crippen molar-refractivity contribution in [3.63, 3.8) is 0 Å². The smallest absolute Gasteiger partial charge is 0.137 e. The SMILES string of the molecule is CC(C)COc1ccc(/C=C/C=NC=N)cc1C#N.Cl. The Hall–Kier alpha value is -2.12. The lowest BCUT2D eigenvalue weighted by Crippen LogP contribution is -2.05.